The maximum atomic E-state index is 12.5. The van der Waals surface area contributed by atoms with Crippen LogP contribution < -0.4 is 5.73 Å². The van der Waals surface area contributed by atoms with Crippen LogP contribution in [0.3, 0.4) is 0 Å². The van der Waals surface area contributed by atoms with Crippen molar-refractivity contribution in [2.24, 2.45) is 5.73 Å². The van der Waals surface area contributed by atoms with Gasteiger partial charge in [-0.2, -0.15) is 13.2 Å². The first-order chi connectivity index (χ1) is 9.90. The van der Waals surface area contributed by atoms with Crippen LogP contribution in [0.4, 0.5) is 13.2 Å². The maximum Gasteiger partial charge on any atom is 0.416 e. The van der Waals surface area contributed by atoms with Gasteiger partial charge in [-0.05, 0) is 36.2 Å². The summed E-state index contributed by atoms with van der Waals surface area (Å²) in [5.41, 5.74) is 7.28. The van der Waals surface area contributed by atoms with E-state index in [2.05, 4.69) is 0 Å². The number of hydrogen-bond acceptors (Lipinski definition) is 1. The van der Waals surface area contributed by atoms with Crippen molar-refractivity contribution in [3.8, 4) is 0 Å². The van der Waals surface area contributed by atoms with Crippen LogP contribution >= 0.6 is 0 Å². The van der Waals surface area contributed by atoms with Crippen LogP contribution in [-0.2, 0) is 19.1 Å². The Morgan fingerprint density at radius 2 is 1.81 bits per heavy atom. The minimum atomic E-state index is -4.29. The topological polar surface area (TPSA) is 30.9 Å². The SMILES string of the molecule is CCC(N)Cc1cccn1Cc1ccc(C(F)(F)F)cc1. The molecule has 0 spiro atoms. The second kappa shape index (κ2) is 6.35. The van der Waals surface area contributed by atoms with Crippen LogP contribution in [-0.4, -0.2) is 10.6 Å². The third kappa shape index (κ3) is 4.11. The third-order valence-electron chi connectivity index (χ3n) is 3.55. The lowest BCUT2D eigenvalue weighted by molar-refractivity contribution is -0.137. The molecule has 0 saturated carbocycles. The fraction of sp³-hybridized carbons (Fsp3) is 0.375. The molecule has 0 saturated heterocycles. The van der Waals surface area contributed by atoms with Crippen molar-refractivity contribution in [2.45, 2.75) is 38.5 Å². The first-order valence-electron chi connectivity index (χ1n) is 6.96. The molecule has 0 radical (unpaired) electrons. The molecule has 1 heterocycles. The molecule has 0 aliphatic heterocycles. The van der Waals surface area contributed by atoms with E-state index in [0.29, 0.717) is 6.54 Å². The van der Waals surface area contributed by atoms with Crippen LogP contribution in [0.1, 0.15) is 30.2 Å². The van der Waals surface area contributed by atoms with Gasteiger partial charge < -0.3 is 10.3 Å². The lowest BCUT2D eigenvalue weighted by atomic mass is 10.1. The number of alkyl halides is 3. The summed E-state index contributed by atoms with van der Waals surface area (Å²) in [5.74, 6) is 0. The van der Waals surface area contributed by atoms with Crippen LogP contribution in [0.15, 0.2) is 42.6 Å². The lowest BCUT2D eigenvalue weighted by Crippen LogP contribution is -2.23. The van der Waals surface area contributed by atoms with E-state index in [1.54, 1.807) is 0 Å². The predicted octanol–water partition coefficient (Wildman–Crippen LogP) is 3.84. The number of hydrogen-bond donors (Lipinski definition) is 1. The highest BCUT2D eigenvalue weighted by Crippen LogP contribution is 2.29. The Labute approximate surface area is 122 Å². The van der Waals surface area contributed by atoms with Gasteiger partial charge in [0.2, 0.25) is 0 Å². The van der Waals surface area contributed by atoms with Crippen LogP contribution in [0, 0.1) is 0 Å². The molecule has 5 heteroatoms. The number of aromatic nitrogens is 1. The number of nitrogens with zero attached hydrogens (tertiary/aromatic N) is 1. The molecular formula is C16H19F3N2. The number of rotatable bonds is 5. The van der Waals surface area contributed by atoms with Gasteiger partial charge in [0, 0.05) is 30.9 Å². The Balaban J connectivity index is 2.10. The van der Waals surface area contributed by atoms with Gasteiger partial charge in [-0.25, -0.2) is 0 Å². The third-order valence-corrected chi connectivity index (χ3v) is 3.55. The van der Waals surface area contributed by atoms with Crippen LogP contribution in [0.5, 0.6) is 0 Å². The van der Waals surface area contributed by atoms with Crippen molar-refractivity contribution in [1.29, 1.82) is 0 Å². The molecule has 0 fully saturated rings. The minimum Gasteiger partial charge on any atom is -0.347 e. The molecule has 114 valence electrons. The van der Waals surface area contributed by atoms with E-state index < -0.39 is 11.7 Å². The first kappa shape index (κ1) is 15.6. The lowest BCUT2D eigenvalue weighted by Gasteiger charge is -2.13. The molecule has 0 aliphatic rings. The van der Waals surface area contributed by atoms with Crippen LogP contribution in [0.25, 0.3) is 0 Å². The van der Waals surface area contributed by atoms with Crippen molar-refractivity contribution >= 4 is 0 Å². The molecule has 0 bridgehead atoms. The van der Waals surface area contributed by atoms with E-state index in [1.165, 1.54) is 12.1 Å². The van der Waals surface area contributed by atoms with Crippen molar-refractivity contribution in [2.75, 3.05) is 0 Å². The Morgan fingerprint density at radius 1 is 1.14 bits per heavy atom. The molecule has 1 unspecified atom stereocenters. The molecule has 1 aromatic heterocycles. The summed E-state index contributed by atoms with van der Waals surface area (Å²) >= 11 is 0. The van der Waals surface area contributed by atoms with E-state index >= 15 is 0 Å². The summed E-state index contributed by atoms with van der Waals surface area (Å²) in [6, 6.07) is 9.32. The Hall–Kier alpha value is -1.75. The molecule has 0 amide bonds. The minimum absolute atomic E-state index is 0.103. The number of benzene rings is 1. The van der Waals surface area contributed by atoms with E-state index in [-0.39, 0.29) is 6.04 Å². The number of halogens is 3. The molecule has 1 aromatic carbocycles. The normalized spacial score (nSPS) is 13.4. The van der Waals surface area contributed by atoms with Crippen molar-refractivity contribution in [3.63, 3.8) is 0 Å². The predicted molar refractivity (Wildman–Crippen MR) is 76.9 cm³/mol. The molecule has 0 aliphatic carbocycles. The average molecular weight is 296 g/mol. The highest BCUT2D eigenvalue weighted by Gasteiger charge is 2.29. The van der Waals surface area contributed by atoms with Gasteiger partial charge in [0.15, 0.2) is 0 Å². The van der Waals surface area contributed by atoms with Crippen molar-refractivity contribution < 1.29 is 13.2 Å². The van der Waals surface area contributed by atoms with Gasteiger partial charge in [-0.1, -0.05) is 19.1 Å². The van der Waals surface area contributed by atoms with Gasteiger partial charge in [0.1, 0.15) is 0 Å². The van der Waals surface area contributed by atoms with E-state index in [1.807, 2.05) is 29.8 Å². The van der Waals surface area contributed by atoms with E-state index in [9.17, 15) is 13.2 Å². The fourth-order valence-corrected chi connectivity index (χ4v) is 2.20. The first-order valence-corrected chi connectivity index (χ1v) is 6.96. The van der Waals surface area contributed by atoms with E-state index in [0.717, 1.165) is 36.2 Å². The standard InChI is InChI=1S/C16H19F3N2/c1-2-14(20)10-15-4-3-9-21(15)11-12-5-7-13(8-6-12)16(17,18)19/h3-9,14H,2,10-11,20H2,1H3. The zero-order chi connectivity index (χ0) is 15.5. The molecule has 1 atom stereocenters. The van der Waals surface area contributed by atoms with Gasteiger partial charge in [-0.3, -0.25) is 0 Å². The van der Waals surface area contributed by atoms with Gasteiger partial charge >= 0.3 is 6.18 Å². The average Bonchev–Trinajstić information content (AvgIpc) is 2.85. The molecule has 2 N–H and O–H groups in total. The summed E-state index contributed by atoms with van der Waals surface area (Å²) in [6.45, 7) is 2.59. The quantitative estimate of drug-likeness (QED) is 0.893. The zero-order valence-electron chi connectivity index (χ0n) is 11.9. The summed E-state index contributed by atoms with van der Waals surface area (Å²) in [6.07, 6.45) is -0.698. The Kier molecular flexibility index (Phi) is 4.73. The fourth-order valence-electron chi connectivity index (χ4n) is 2.20. The Bertz CT molecular complexity index is 570. The van der Waals surface area contributed by atoms with Gasteiger partial charge in [-0.15, -0.1) is 0 Å². The van der Waals surface area contributed by atoms with Crippen molar-refractivity contribution in [3.05, 3.63) is 59.4 Å². The smallest absolute Gasteiger partial charge is 0.347 e. The number of nitrogens with two attached hydrogens (primary N) is 1. The highest BCUT2D eigenvalue weighted by atomic mass is 19.4. The summed E-state index contributed by atoms with van der Waals surface area (Å²) in [7, 11) is 0. The monoisotopic (exact) mass is 296 g/mol. The maximum absolute atomic E-state index is 12.5. The largest absolute Gasteiger partial charge is 0.416 e. The molecule has 2 nitrogen and oxygen atoms in total. The van der Waals surface area contributed by atoms with Gasteiger partial charge in [0.25, 0.3) is 0 Å². The molecular weight excluding hydrogens is 277 g/mol. The van der Waals surface area contributed by atoms with Gasteiger partial charge in [0.05, 0.1) is 5.56 Å². The zero-order valence-corrected chi connectivity index (χ0v) is 11.9. The summed E-state index contributed by atoms with van der Waals surface area (Å²) in [4.78, 5) is 0. The molecule has 2 rings (SSSR count). The van der Waals surface area contributed by atoms with E-state index in [4.69, 9.17) is 5.73 Å². The molecule has 21 heavy (non-hydrogen) atoms. The van der Waals surface area contributed by atoms with Crippen molar-refractivity contribution in [1.82, 2.24) is 4.57 Å². The Morgan fingerprint density at radius 3 is 2.38 bits per heavy atom. The highest BCUT2D eigenvalue weighted by molar-refractivity contribution is 5.25. The summed E-state index contributed by atoms with van der Waals surface area (Å²) in [5, 5.41) is 0. The summed E-state index contributed by atoms with van der Waals surface area (Å²) < 4.78 is 39.6. The second-order valence-electron chi connectivity index (χ2n) is 5.19. The van der Waals surface area contributed by atoms with Crippen LogP contribution in [0.2, 0.25) is 0 Å². The second-order valence-corrected chi connectivity index (χ2v) is 5.19. The molecule has 2 aromatic rings.